The minimum atomic E-state index is -0.500. The SMILES string of the molecule is O=C(Nc1ccc(F)cc1)Nc1nc(C(=O)NCC2CCCCC2)cs1. The molecule has 26 heavy (non-hydrogen) atoms. The molecule has 6 nitrogen and oxygen atoms in total. The molecular weight excluding hydrogens is 355 g/mol. The van der Waals surface area contributed by atoms with E-state index < -0.39 is 6.03 Å². The molecule has 1 aliphatic rings. The fourth-order valence-corrected chi connectivity index (χ4v) is 3.63. The van der Waals surface area contributed by atoms with E-state index in [-0.39, 0.29) is 11.7 Å². The highest BCUT2D eigenvalue weighted by Gasteiger charge is 2.17. The first-order valence-electron chi connectivity index (χ1n) is 8.67. The summed E-state index contributed by atoms with van der Waals surface area (Å²) in [6.07, 6.45) is 6.07. The monoisotopic (exact) mass is 376 g/mol. The van der Waals surface area contributed by atoms with Crippen LogP contribution in [0.4, 0.5) is 20.0 Å². The molecule has 1 aromatic heterocycles. The first-order valence-corrected chi connectivity index (χ1v) is 9.55. The van der Waals surface area contributed by atoms with E-state index in [1.807, 2.05) is 0 Å². The maximum absolute atomic E-state index is 12.9. The minimum absolute atomic E-state index is 0.223. The highest BCUT2D eigenvalue weighted by molar-refractivity contribution is 7.14. The minimum Gasteiger partial charge on any atom is -0.350 e. The fourth-order valence-electron chi connectivity index (χ4n) is 2.95. The summed E-state index contributed by atoms with van der Waals surface area (Å²) >= 11 is 1.18. The maximum Gasteiger partial charge on any atom is 0.325 e. The molecule has 138 valence electrons. The third kappa shape index (κ3) is 5.26. The smallest absolute Gasteiger partial charge is 0.325 e. The van der Waals surface area contributed by atoms with Crippen LogP contribution in [0.1, 0.15) is 42.6 Å². The standard InChI is InChI=1S/C18H21FN4O2S/c19-13-6-8-14(9-7-13)21-17(25)23-18-22-15(11-26-18)16(24)20-10-12-4-2-1-3-5-12/h6-9,11-12H,1-5,10H2,(H,20,24)(H2,21,22,23,25). The Morgan fingerprint density at radius 3 is 2.58 bits per heavy atom. The van der Waals surface area contributed by atoms with Crippen molar-refractivity contribution in [3.05, 3.63) is 41.2 Å². The van der Waals surface area contributed by atoms with Gasteiger partial charge in [0, 0.05) is 17.6 Å². The summed E-state index contributed by atoms with van der Waals surface area (Å²) in [6.45, 7) is 0.671. The molecule has 0 atom stereocenters. The maximum atomic E-state index is 12.9. The predicted molar refractivity (Wildman–Crippen MR) is 100 cm³/mol. The van der Waals surface area contributed by atoms with Crippen LogP contribution in [0.25, 0.3) is 0 Å². The zero-order chi connectivity index (χ0) is 18.4. The lowest BCUT2D eigenvalue weighted by atomic mass is 9.89. The first-order chi connectivity index (χ1) is 12.6. The molecule has 8 heteroatoms. The number of anilines is 2. The molecule has 0 aliphatic heterocycles. The van der Waals surface area contributed by atoms with Crippen molar-refractivity contribution in [2.45, 2.75) is 32.1 Å². The van der Waals surface area contributed by atoms with Crippen LogP contribution in [0.3, 0.4) is 0 Å². The lowest BCUT2D eigenvalue weighted by molar-refractivity contribution is 0.0939. The second kappa shape index (κ2) is 8.75. The van der Waals surface area contributed by atoms with Crippen molar-refractivity contribution in [3.63, 3.8) is 0 Å². The molecule has 1 aromatic carbocycles. The second-order valence-corrected chi connectivity index (χ2v) is 7.20. The molecule has 1 fully saturated rings. The Balaban J connectivity index is 1.47. The van der Waals surface area contributed by atoms with Crippen LogP contribution in [0.2, 0.25) is 0 Å². The predicted octanol–water partition coefficient (Wildman–Crippen LogP) is 4.24. The van der Waals surface area contributed by atoms with Gasteiger partial charge >= 0.3 is 6.03 Å². The number of benzene rings is 1. The van der Waals surface area contributed by atoms with Crippen LogP contribution in [-0.4, -0.2) is 23.5 Å². The van der Waals surface area contributed by atoms with Gasteiger partial charge in [0.15, 0.2) is 5.13 Å². The van der Waals surface area contributed by atoms with Crippen LogP contribution in [0.5, 0.6) is 0 Å². The van der Waals surface area contributed by atoms with Gasteiger partial charge in [0.25, 0.3) is 5.91 Å². The number of carbonyl (C=O) groups excluding carboxylic acids is 2. The van der Waals surface area contributed by atoms with Gasteiger partial charge in [-0.1, -0.05) is 19.3 Å². The molecular formula is C18H21FN4O2S. The summed E-state index contributed by atoms with van der Waals surface area (Å²) in [4.78, 5) is 28.3. The molecule has 2 aromatic rings. The Morgan fingerprint density at radius 2 is 1.85 bits per heavy atom. The van der Waals surface area contributed by atoms with Crippen molar-refractivity contribution in [1.82, 2.24) is 10.3 Å². The summed E-state index contributed by atoms with van der Waals surface area (Å²) in [5.41, 5.74) is 0.758. The molecule has 1 heterocycles. The normalized spacial score (nSPS) is 14.7. The Hall–Kier alpha value is -2.48. The number of nitrogens with one attached hydrogen (secondary N) is 3. The number of hydrogen-bond donors (Lipinski definition) is 3. The van der Waals surface area contributed by atoms with Crippen molar-refractivity contribution in [1.29, 1.82) is 0 Å². The molecule has 0 saturated heterocycles. The average molecular weight is 376 g/mol. The van der Waals surface area contributed by atoms with E-state index in [0.717, 1.165) is 12.8 Å². The van der Waals surface area contributed by atoms with Crippen molar-refractivity contribution in [2.24, 2.45) is 5.92 Å². The molecule has 3 N–H and O–H groups in total. The first kappa shape index (κ1) is 18.3. The van der Waals surface area contributed by atoms with E-state index in [2.05, 4.69) is 20.9 Å². The lowest BCUT2D eigenvalue weighted by Gasteiger charge is -2.21. The van der Waals surface area contributed by atoms with E-state index in [4.69, 9.17) is 0 Å². The van der Waals surface area contributed by atoms with E-state index >= 15 is 0 Å². The van der Waals surface area contributed by atoms with Crippen LogP contribution < -0.4 is 16.0 Å². The van der Waals surface area contributed by atoms with E-state index in [1.165, 1.54) is 54.9 Å². The van der Waals surface area contributed by atoms with Gasteiger partial charge in [0.05, 0.1) is 0 Å². The molecule has 0 radical (unpaired) electrons. The number of aromatic nitrogens is 1. The number of carbonyl (C=O) groups is 2. The van der Waals surface area contributed by atoms with E-state index in [1.54, 1.807) is 5.38 Å². The topological polar surface area (TPSA) is 83.1 Å². The number of hydrogen-bond acceptors (Lipinski definition) is 4. The molecule has 0 bridgehead atoms. The fraction of sp³-hybridized carbons (Fsp3) is 0.389. The third-order valence-corrected chi connectivity index (χ3v) is 5.09. The van der Waals surface area contributed by atoms with Gasteiger partial charge in [-0.3, -0.25) is 10.1 Å². The zero-order valence-corrected chi connectivity index (χ0v) is 15.1. The average Bonchev–Trinajstić information content (AvgIpc) is 3.11. The van der Waals surface area contributed by atoms with Crippen molar-refractivity contribution in [2.75, 3.05) is 17.2 Å². The Morgan fingerprint density at radius 1 is 1.12 bits per heavy atom. The number of nitrogens with zero attached hydrogens (tertiary/aromatic N) is 1. The van der Waals surface area contributed by atoms with E-state index in [0.29, 0.717) is 29.0 Å². The third-order valence-electron chi connectivity index (χ3n) is 4.34. The molecule has 0 spiro atoms. The number of thiazole rings is 1. The molecule has 3 rings (SSSR count). The number of rotatable bonds is 5. The van der Waals surface area contributed by atoms with Gasteiger partial charge in [-0.05, 0) is 43.0 Å². The van der Waals surface area contributed by atoms with Gasteiger partial charge in [-0.25, -0.2) is 14.2 Å². The van der Waals surface area contributed by atoms with Crippen molar-refractivity contribution in [3.8, 4) is 0 Å². The van der Waals surface area contributed by atoms with Gasteiger partial charge in [-0.2, -0.15) is 0 Å². The van der Waals surface area contributed by atoms with Crippen LogP contribution in [0.15, 0.2) is 29.6 Å². The van der Waals surface area contributed by atoms with Gasteiger partial charge in [-0.15, -0.1) is 11.3 Å². The summed E-state index contributed by atoms with van der Waals surface area (Å²) in [6, 6.07) is 4.93. The van der Waals surface area contributed by atoms with E-state index in [9.17, 15) is 14.0 Å². The summed E-state index contributed by atoms with van der Waals surface area (Å²) in [5, 5.41) is 10.0. The number of halogens is 1. The highest BCUT2D eigenvalue weighted by atomic mass is 32.1. The quantitative estimate of drug-likeness (QED) is 0.730. The largest absolute Gasteiger partial charge is 0.350 e. The van der Waals surface area contributed by atoms with Crippen molar-refractivity contribution < 1.29 is 14.0 Å². The molecule has 1 saturated carbocycles. The number of amides is 3. The zero-order valence-electron chi connectivity index (χ0n) is 14.3. The van der Waals surface area contributed by atoms with Crippen LogP contribution in [0, 0.1) is 11.7 Å². The Labute approximate surface area is 155 Å². The molecule has 1 aliphatic carbocycles. The van der Waals surface area contributed by atoms with Crippen LogP contribution >= 0.6 is 11.3 Å². The van der Waals surface area contributed by atoms with Gasteiger partial charge in [0.1, 0.15) is 11.5 Å². The Bertz CT molecular complexity index is 757. The Kier molecular flexibility index (Phi) is 6.17. The summed E-state index contributed by atoms with van der Waals surface area (Å²) in [7, 11) is 0. The van der Waals surface area contributed by atoms with Crippen molar-refractivity contribution >= 4 is 34.1 Å². The van der Waals surface area contributed by atoms with Gasteiger partial charge in [0.2, 0.25) is 0 Å². The van der Waals surface area contributed by atoms with Gasteiger partial charge < -0.3 is 10.6 Å². The molecule has 3 amide bonds. The summed E-state index contributed by atoms with van der Waals surface area (Å²) in [5.74, 6) is -0.0519. The number of urea groups is 1. The lowest BCUT2D eigenvalue weighted by Crippen LogP contribution is -2.30. The highest BCUT2D eigenvalue weighted by Crippen LogP contribution is 2.23. The second-order valence-electron chi connectivity index (χ2n) is 6.34. The molecule has 0 unspecified atom stereocenters. The van der Waals surface area contributed by atoms with Crippen LogP contribution in [-0.2, 0) is 0 Å². The summed E-state index contributed by atoms with van der Waals surface area (Å²) < 4.78 is 12.9.